The smallest absolute Gasteiger partial charge is 0.295 e. The molecule has 1 N–H and O–H groups in total. The number of fused-ring (bicyclic) bond motifs is 1. The average Bonchev–Trinajstić information content (AvgIpc) is 3.73. The molecule has 3 heterocycles. The van der Waals surface area contributed by atoms with Crippen molar-refractivity contribution in [2.75, 3.05) is 17.6 Å². The summed E-state index contributed by atoms with van der Waals surface area (Å²) in [6, 6.07) is -0.204. The van der Waals surface area contributed by atoms with Crippen molar-refractivity contribution in [3.8, 4) is 11.4 Å². The SMILES string of the molecule is C=N/C(=C\C=C(/C)S(=O)(=O)CC)CNc1nc2cnc(-c3c(C)ncnc3C3CC3)nc2n(C(C)C)c1=O. The second-order valence-corrected chi connectivity index (χ2v) is 11.9. The molecule has 1 aliphatic rings. The lowest BCUT2D eigenvalue weighted by atomic mass is 10.1. The predicted molar refractivity (Wildman–Crippen MR) is 149 cm³/mol. The molecule has 0 aromatic carbocycles. The summed E-state index contributed by atoms with van der Waals surface area (Å²) in [5.74, 6) is 0.969. The standard InChI is InChI=1S/C26H32N8O3S/c1-7-38(36,37)16(4)8-11-19(27-6)12-28-24-26(35)34(15(2)3)25-20(32-24)13-29-23(33-25)21-17(5)30-14-31-22(21)18-9-10-18/h8,11,13-15,18H,6-7,9-10,12H2,1-5H3,(H,28,32)/b16-8+,19-11-. The highest BCUT2D eigenvalue weighted by Crippen LogP contribution is 2.43. The predicted octanol–water partition coefficient (Wildman–Crippen LogP) is 3.75. The first kappa shape index (κ1) is 27.2. The van der Waals surface area contributed by atoms with E-state index in [1.54, 1.807) is 30.1 Å². The number of rotatable bonds is 10. The maximum Gasteiger partial charge on any atom is 0.295 e. The number of allylic oxidation sites excluding steroid dienone is 3. The third-order valence-corrected chi connectivity index (χ3v) is 8.30. The van der Waals surface area contributed by atoms with Crippen molar-refractivity contribution in [1.82, 2.24) is 29.5 Å². The Bertz CT molecular complexity index is 1620. The van der Waals surface area contributed by atoms with Gasteiger partial charge < -0.3 is 5.32 Å². The number of nitrogens with one attached hydrogen (secondary N) is 1. The first-order valence-corrected chi connectivity index (χ1v) is 14.1. The molecule has 3 aromatic rings. The lowest BCUT2D eigenvalue weighted by molar-refractivity contribution is 0.593. The number of anilines is 1. The monoisotopic (exact) mass is 536 g/mol. The lowest BCUT2D eigenvalue weighted by Crippen LogP contribution is -2.28. The van der Waals surface area contributed by atoms with Gasteiger partial charge in [0, 0.05) is 16.9 Å². The Morgan fingerprint density at radius 2 is 1.97 bits per heavy atom. The maximum atomic E-state index is 13.5. The van der Waals surface area contributed by atoms with Crippen LogP contribution in [-0.2, 0) is 9.84 Å². The minimum absolute atomic E-state index is 0.0105. The van der Waals surface area contributed by atoms with Gasteiger partial charge in [-0.2, -0.15) is 0 Å². The van der Waals surface area contributed by atoms with E-state index in [1.165, 1.54) is 13.0 Å². The van der Waals surface area contributed by atoms with Crippen molar-refractivity contribution in [1.29, 1.82) is 0 Å². The van der Waals surface area contributed by atoms with Crippen LogP contribution in [0.5, 0.6) is 0 Å². The second kappa shape index (κ2) is 10.9. The molecule has 0 unspecified atom stereocenters. The molecule has 11 nitrogen and oxygen atoms in total. The molecular formula is C26H32N8O3S. The Morgan fingerprint density at radius 3 is 2.61 bits per heavy atom. The van der Waals surface area contributed by atoms with Gasteiger partial charge in [-0.3, -0.25) is 14.4 Å². The molecule has 0 aliphatic heterocycles. The van der Waals surface area contributed by atoms with Crippen LogP contribution in [0.15, 0.2) is 45.1 Å². The van der Waals surface area contributed by atoms with Crippen LogP contribution in [0.2, 0.25) is 0 Å². The van der Waals surface area contributed by atoms with Crippen LogP contribution in [-0.4, -0.2) is 56.9 Å². The molecule has 1 saturated carbocycles. The fourth-order valence-electron chi connectivity index (χ4n) is 4.04. The molecule has 0 bridgehead atoms. The molecule has 1 aliphatic carbocycles. The van der Waals surface area contributed by atoms with Gasteiger partial charge in [0.25, 0.3) is 5.56 Å². The minimum atomic E-state index is -3.30. The lowest BCUT2D eigenvalue weighted by Gasteiger charge is -2.16. The second-order valence-electron chi connectivity index (χ2n) is 9.48. The van der Waals surface area contributed by atoms with E-state index in [4.69, 9.17) is 4.98 Å². The van der Waals surface area contributed by atoms with Gasteiger partial charge in [0.2, 0.25) is 0 Å². The summed E-state index contributed by atoms with van der Waals surface area (Å²) in [6.45, 7) is 12.5. The van der Waals surface area contributed by atoms with Crippen molar-refractivity contribution in [3.05, 3.63) is 57.0 Å². The average molecular weight is 537 g/mol. The Labute approximate surface area is 221 Å². The minimum Gasteiger partial charge on any atom is -0.360 e. The summed E-state index contributed by atoms with van der Waals surface area (Å²) in [4.78, 5) is 40.3. The third-order valence-electron chi connectivity index (χ3n) is 6.42. The molecule has 38 heavy (non-hydrogen) atoms. The van der Waals surface area contributed by atoms with Gasteiger partial charge in [-0.05, 0) is 59.4 Å². The van der Waals surface area contributed by atoms with Gasteiger partial charge in [-0.15, -0.1) is 0 Å². The highest BCUT2D eigenvalue weighted by Gasteiger charge is 2.30. The van der Waals surface area contributed by atoms with Crippen molar-refractivity contribution < 1.29 is 8.42 Å². The third kappa shape index (κ3) is 5.54. The van der Waals surface area contributed by atoms with Crippen LogP contribution in [0.1, 0.15) is 63.9 Å². The highest BCUT2D eigenvalue weighted by atomic mass is 32.2. The largest absolute Gasteiger partial charge is 0.360 e. The zero-order valence-electron chi connectivity index (χ0n) is 22.3. The van der Waals surface area contributed by atoms with Crippen LogP contribution in [0, 0.1) is 6.92 Å². The highest BCUT2D eigenvalue weighted by molar-refractivity contribution is 7.95. The quantitative estimate of drug-likeness (QED) is 0.302. The number of aliphatic imine (C=N–C) groups is 1. The first-order valence-electron chi connectivity index (χ1n) is 12.5. The van der Waals surface area contributed by atoms with Crippen molar-refractivity contribution in [2.45, 2.75) is 59.4 Å². The van der Waals surface area contributed by atoms with E-state index in [0.717, 1.165) is 29.8 Å². The number of aryl methyl sites for hydroxylation is 1. The first-order chi connectivity index (χ1) is 18.1. The molecule has 0 saturated heterocycles. The number of hydrogen-bond donors (Lipinski definition) is 1. The number of aromatic nitrogens is 6. The van der Waals surface area contributed by atoms with Crippen molar-refractivity contribution >= 4 is 33.5 Å². The summed E-state index contributed by atoms with van der Waals surface area (Å²) in [5, 5.41) is 3.01. The normalized spacial score (nSPS) is 14.8. The van der Waals surface area contributed by atoms with E-state index < -0.39 is 9.84 Å². The van der Waals surface area contributed by atoms with Gasteiger partial charge in [-0.1, -0.05) is 6.92 Å². The van der Waals surface area contributed by atoms with E-state index in [2.05, 4.69) is 37.0 Å². The maximum absolute atomic E-state index is 13.5. The van der Waals surface area contributed by atoms with E-state index >= 15 is 0 Å². The zero-order chi connectivity index (χ0) is 27.6. The molecular weight excluding hydrogens is 504 g/mol. The van der Waals surface area contributed by atoms with E-state index in [1.807, 2.05) is 20.8 Å². The van der Waals surface area contributed by atoms with Crippen LogP contribution >= 0.6 is 0 Å². The molecule has 1 fully saturated rings. The fourth-order valence-corrected chi connectivity index (χ4v) is 4.77. The van der Waals surface area contributed by atoms with E-state index in [0.29, 0.717) is 28.6 Å². The van der Waals surface area contributed by atoms with Crippen LogP contribution in [0.4, 0.5) is 5.82 Å². The summed E-state index contributed by atoms with van der Waals surface area (Å²) in [7, 11) is -3.30. The van der Waals surface area contributed by atoms with Crippen LogP contribution in [0.3, 0.4) is 0 Å². The zero-order valence-corrected chi connectivity index (χ0v) is 23.1. The molecule has 4 rings (SSSR count). The molecule has 0 spiro atoms. The number of nitrogens with zero attached hydrogens (tertiary/aromatic N) is 7. The van der Waals surface area contributed by atoms with Gasteiger partial charge in [0.05, 0.1) is 41.1 Å². The number of sulfone groups is 1. The molecule has 0 amide bonds. The van der Waals surface area contributed by atoms with E-state index in [-0.39, 0.29) is 34.6 Å². The van der Waals surface area contributed by atoms with Crippen LogP contribution in [0.25, 0.3) is 22.6 Å². The Hall–Kier alpha value is -3.80. The van der Waals surface area contributed by atoms with Crippen LogP contribution < -0.4 is 10.9 Å². The summed E-state index contributed by atoms with van der Waals surface area (Å²) in [5.41, 5.74) is 3.52. The van der Waals surface area contributed by atoms with E-state index in [9.17, 15) is 13.2 Å². The van der Waals surface area contributed by atoms with Gasteiger partial charge in [0.15, 0.2) is 27.1 Å². The summed E-state index contributed by atoms with van der Waals surface area (Å²) in [6.07, 6.45) is 8.35. The van der Waals surface area contributed by atoms with Crippen molar-refractivity contribution in [3.63, 3.8) is 0 Å². The Balaban J connectivity index is 1.72. The molecule has 200 valence electrons. The molecule has 12 heteroatoms. The Morgan fingerprint density at radius 1 is 1.24 bits per heavy atom. The molecule has 0 radical (unpaired) electrons. The number of hydrogen-bond acceptors (Lipinski definition) is 10. The van der Waals surface area contributed by atoms with Gasteiger partial charge in [-0.25, -0.2) is 33.3 Å². The van der Waals surface area contributed by atoms with Crippen molar-refractivity contribution in [2.24, 2.45) is 4.99 Å². The molecule has 3 aromatic heterocycles. The summed E-state index contributed by atoms with van der Waals surface area (Å²) >= 11 is 0. The topological polar surface area (TPSA) is 145 Å². The van der Waals surface area contributed by atoms with Gasteiger partial charge >= 0.3 is 0 Å². The summed E-state index contributed by atoms with van der Waals surface area (Å²) < 4.78 is 25.6. The van der Waals surface area contributed by atoms with Gasteiger partial charge in [0.1, 0.15) is 11.8 Å². The Kier molecular flexibility index (Phi) is 7.81. The molecule has 0 atom stereocenters. The fraction of sp³-hybridized carbons (Fsp3) is 0.423.